The van der Waals surface area contributed by atoms with Gasteiger partial charge in [-0.1, -0.05) is 33.2 Å². The molecule has 0 radical (unpaired) electrons. The second-order valence-electron chi connectivity index (χ2n) is 2.21. The van der Waals surface area contributed by atoms with Crippen LogP contribution in [0.15, 0.2) is 11.9 Å². The molecule has 0 rings (SSSR count). The predicted molar refractivity (Wildman–Crippen MR) is 42.8 cm³/mol. The summed E-state index contributed by atoms with van der Waals surface area (Å²) in [5.41, 5.74) is 0. The fourth-order valence-corrected chi connectivity index (χ4v) is 1.18. The molecule has 0 aliphatic rings. The standard InChI is InChI=1S/C7H15P/c1-5-6-7(2)8(3)4/h2,5-6H2,1,3-4H3. The lowest BCUT2D eigenvalue weighted by molar-refractivity contribution is 0.947. The van der Waals surface area contributed by atoms with Gasteiger partial charge in [0.25, 0.3) is 0 Å². The van der Waals surface area contributed by atoms with Crippen LogP contribution in [0.1, 0.15) is 19.8 Å². The molecule has 1 heteroatoms. The summed E-state index contributed by atoms with van der Waals surface area (Å²) in [7, 11) is 0.138. The molecule has 0 amide bonds. The molecule has 0 saturated carbocycles. The molecule has 0 aliphatic carbocycles. The van der Waals surface area contributed by atoms with Gasteiger partial charge in [-0.3, -0.25) is 0 Å². The van der Waals surface area contributed by atoms with Crippen molar-refractivity contribution >= 4 is 7.92 Å². The van der Waals surface area contributed by atoms with Crippen molar-refractivity contribution in [3.8, 4) is 0 Å². The van der Waals surface area contributed by atoms with Crippen molar-refractivity contribution in [2.75, 3.05) is 13.3 Å². The van der Waals surface area contributed by atoms with Crippen LogP contribution in [0.3, 0.4) is 0 Å². The van der Waals surface area contributed by atoms with Crippen LogP contribution in [0, 0.1) is 0 Å². The first-order valence-corrected chi connectivity index (χ1v) is 5.27. The fraction of sp³-hybridized carbons (Fsp3) is 0.714. The highest BCUT2D eigenvalue weighted by Gasteiger charge is 1.95. The summed E-state index contributed by atoms with van der Waals surface area (Å²) in [5, 5.41) is 1.45. The van der Waals surface area contributed by atoms with E-state index < -0.39 is 0 Å². The van der Waals surface area contributed by atoms with Crippen LogP contribution >= 0.6 is 7.92 Å². The average molecular weight is 130 g/mol. The van der Waals surface area contributed by atoms with Gasteiger partial charge in [0.2, 0.25) is 0 Å². The van der Waals surface area contributed by atoms with Crippen LogP contribution in [-0.2, 0) is 0 Å². The van der Waals surface area contributed by atoms with Crippen LogP contribution in [-0.4, -0.2) is 13.3 Å². The van der Waals surface area contributed by atoms with Crippen LogP contribution in [0.5, 0.6) is 0 Å². The molecule has 0 heterocycles. The maximum Gasteiger partial charge on any atom is -0.0283 e. The van der Waals surface area contributed by atoms with Crippen molar-refractivity contribution in [1.29, 1.82) is 0 Å². The highest BCUT2D eigenvalue weighted by Crippen LogP contribution is 2.37. The first kappa shape index (κ1) is 8.17. The Balaban J connectivity index is 3.33. The number of hydrogen-bond acceptors (Lipinski definition) is 0. The van der Waals surface area contributed by atoms with Crippen molar-refractivity contribution in [2.45, 2.75) is 19.8 Å². The number of rotatable bonds is 3. The Labute approximate surface area is 53.7 Å². The molecule has 8 heavy (non-hydrogen) atoms. The summed E-state index contributed by atoms with van der Waals surface area (Å²) >= 11 is 0. The molecule has 0 spiro atoms. The molecule has 0 atom stereocenters. The summed E-state index contributed by atoms with van der Waals surface area (Å²) < 4.78 is 0. The van der Waals surface area contributed by atoms with E-state index in [0.717, 1.165) is 0 Å². The van der Waals surface area contributed by atoms with E-state index in [1.807, 2.05) is 0 Å². The summed E-state index contributed by atoms with van der Waals surface area (Å²) in [6.07, 6.45) is 2.47. The van der Waals surface area contributed by atoms with E-state index in [2.05, 4.69) is 26.8 Å². The van der Waals surface area contributed by atoms with Gasteiger partial charge in [-0.25, -0.2) is 0 Å². The van der Waals surface area contributed by atoms with E-state index >= 15 is 0 Å². The highest BCUT2D eigenvalue weighted by atomic mass is 31.1. The van der Waals surface area contributed by atoms with Crippen molar-refractivity contribution in [3.05, 3.63) is 11.9 Å². The minimum atomic E-state index is 0.138. The molecule has 0 nitrogen and oxygen atoms in total. The number of hydrogen-bond donors (Lipinski definition) is 0. The molecular weight excluding hydrogens is 115 g/mol. The first-order valence-electron chi connectivity index (χ1n) is 3.03. The molecular formula is C7H15P. The van der Waals surface area contributed by atoms with Crippen LogP contribution in [0.25, 0.3) is 0 Å². The maximum absolute atomic E-state index is 3.97. The number of allylic oxidation sites excluding steroid dienone is 1. The second-order valence-corrected chi connectivity index (χ2v) is 4.63. The molecule has 0 aromatic heterocycles. The zero-order valence-corrected chi connectivity index (χ0v) is 6.96. The van der Waals surface area contributed by atoms with Gasteiger partial charge in [-0.2, -0.15) is 0 Å². The zero-order valence-electron chi connectivity index (χ0n) is 6.07. The second kappa shape index (κ2) is 4.09. The van der Waals surface area contributed by atoms with Gasteiger partial charge in [-0.05, 0) is 19.8 Å². The third-order valence-electron chi connectivity index (χ3n) is 1.17. The normalized spacial score (nSPS) is 10.0. The molecule has 0 aromatic rings. The van der Waals surface area contributed by atoms with E-state index in [1.165, 1.54) is 18.2 Å². The monoisotopic (exact) mass is 130 g/mol. The molecule has 0 unspecified atom stereocenters. The van der Waals surface area contributed by atoms with Crippen molar-refractivity contribution in [3.63, 3.8) is 0 Å². The lowest BCUT2D eigenvalue weighted by atomic mass is 10.3. The van der Waals surface area contributed by atoms with Gasteiger partial charge in [0, 0.05) is 0 Å². The van der Waals surface area contributed by atoms with Gasteiger partial charge >= 0.3 is 0 Å². The van der Waals surface area contributed by atoms with Crippen LogP contribution in [0.4, 0.5) is 0 Å². The minimum absolute atomic E-state index is 0.138. The molecule has 0 aliphatic heterocycles. The Hall–Kier alpha value is 0.170. The van der Waals surface area contributed by atoms with E-state index in [-0.39, 0.29) is 7.92 Å². The van der Waals surface area contributed by atoms with Gasteiger partial charge in [0.05, 0.1) is 0 Å². The van der Waals surface area contributed by atoms with Crippen LogP contribution in [0.2, 0.25) is 0 Å². The fourth-order valence-electron chi connectivity index (χ4n) is 0.512. The van der Waals surface area contributed by atoms with E-state index in [9.17, 15) is 0 Å². The largest absolute Gasteiger partial charge is 0.0954 e. The van der Waals surface area contributed by atoms with E-state index in [0.29, 0.717) is 0 Å². The zero-order chi connectivity index (χ0) is 6.57. The lowest BCUT2D eigenvalue weighted by Gasteiger charge is -2.06. The molecule has 0 bridgehead atoms. The van der Waals surface area contributed by atoms with Crippen LogP contribution < -0.4 is 0 Å². The predicted octanol–water partition coefficient (Wildman–Crippen LogP) is 3.04. The molecule has 0 saturated heterocycles. The Kier molecular flexibility index (Phi) is 4.18. The van der Waals surface area contributed by atoms with Gasteiger partial charge in [0.15, 0.2) is 0 Å². The van der Waals surface area contributed by atoms with Gasteiger partial charge in [0.1, 0.15) is 0 Å². The SMILES string of the molecule is C=C(CCC)P(C)C. The van der Waals surface area contributed by atoms with Crippen molar-refractivity contribution in [1.82, 2.24) is 0 Å². The Morgan fingerprint density at radius 2 is 2.00 bits per heavy atom. The van der Waals surface area contributed by atoms with Gasteiger partial charge in [-0.15, -0.1) is 0 Å². The third kappa shape index (κ3) is 3.21. The Morgan fingerprint density at radius 3 is 2.12 bits per heavy atom. The first-order chi connectivity index (χ1) is 3.68. The molecule has 0 aromatic carbocycles. The van der Waals surface area contributed by atoms with Crippen molar-refractivity contribution < 1.29 is 0 Å². The van der Waals surface area contributed by atoms with E-state index in [4.69, 9.17) is 0 Å². The Bertz CT molecular complexity index is 74.5. The highest BCUT2D eigenvalue weighted by molar-refractivity contribution is 7.60. The summed E-state index contributed by atoms with van der Waals surface area (Å²) in [6, 6.07) is 0. The quantitative estimate of drug-likeness (QED) is 0.515. The smallest absolute Gasteiger partial charge is 0.0283 e. The molecule has 0 fully saturated rings. The Morgan fingerprint density at radius 1 is 1.50 bits per heavy atom. The van der Waals surface area contributed by atoms with E-state index in [1.54, 1.807) is 0 Å². The topological polar surface area (TPSA) is 0 Å². The maximum atomic E-state index is 3.97. The summed E-state index contributed by atoms with van der Waals surface area (Å²) in [6.45, 7) is 10.7. The lowest BCUT2D eigenvalue weighted by Crippen LogP contribution is -1.74. The summed E-state index contributed by atoms with van der Waals surface area (Å²) in [4.78, 5) is 0. The van der Waals surface area contributed by atoms with Gasteiger partial charge < -0.3 is 0 Å². The average Bonchev–Trinajstić information content (AvgIpc) is 1.67. The minimum Gasteiger partial charge on any atom is -0.0954 e. The molecule has 0 N–H and O–H groups in total. The third-order valence-corrected chi connectivity index (χ3v) is 2.66. The molecule has 48 valence electrons. The van der Waals surface area contributed by atoms with Crippen molar-refractivity contribution in [2.24, 2.45) is 0 Å². The summed E-state index contributed by atoms with van der Waals surface area (Å²) in [5.74, 6) is 0.